The molecule has 3 amide bonds. The van der Waals surface area contributed by atoms with Crippen molar-refractivity contribution in [1.82, 2.24) is 15.1 Å². The lowest BCUT2D eigenvalue weighted by Gasteiger charge is -2.44. The van der Waals surface area contributed by atoms with Crippen molar-refractivity contribution in [1.29, 1.82) is 0 Å². The van der Waals surface area contributed by atoms with Crippen LogP contribution in [-0.4, -0.2) is 78.2 Å². The van der Waals surface area contributed by atoms with Crippen molar-refractivity contribution in [2.24, 2.45) is 0 Å². The van der Waals surface area contributed by atoms with E-state index < -0.39 is 11.8 Å². The average molecular weight is 430 g/mol. The number of hydrogen-bond acceptors (Lipinski definition) is 5. The van der Waals surface area contributed by atoms with Crippen LogP contribution in [0.2, 0.25) is 0 Å². The summed E-state index contributed by atoms with van der Waals surface area (Å²) in [4.78, 5) is 42.2. The Morgan fingerprint density at radius 3 is 2.55 bits per heavy atom. The first kappa shape index (κ1) is 21.8. The van der Waals surface area contributed by atoms with Crippen molar-refractivity contribution < 1.29 is 23.9 Å². The number of likely N-dealkylation sites (tertiary alicyclic amines) is 1. The van der Waals surface area contributed by atoms with E-state index >= 15 is 0 Å². The molecular formula is C23H31N3O5. The average Bonchev–Trinajstić information content (AvgIpc) is 3.46. The SMILES string of the molecule is CCC(=O)N1CCC2(CC1)OC[C@H](C(=O)NC[C@@H]1CCCO1)N2C(=O)c1ccccc1. The van der Waals surface area contributed by atoms with E-state index in [2.05, 4.69) is 5.32 Å². The highest BCUT2D eigenvalue weighted by atomic mass is 16.5. The Bertz CT molecular complexity index is 801. The third kappa shape index (κ3) is 4.45. The molecule has 8 nitrogen and oxygen atoms in total. The molecule has 168 valence electrons. The Morgan fingerprint density at radius 2 is 1.90 bits per heavy atom. The van der Waals surface area contributed by atoms with E-state index in [1.54, 1.807) is 17.0 Å². The van der Waals surface area contributed by atoms with Crippen LogP contribution >= 0.6 is 0 Å². The van der Waals surface area contributed by atoms with Gasteiger partial charge >= 0.3 is 0 Å². The highest BCUT2D eigenvalue weighted by Gasteiger charge is 2.54. The number of ether oxygens (including phenoxy) is 2. The monoisotopic (exact) mass is 429 g/mol. The molecule has 3 saturated heterocycles. The Balaban J connectivity index is 1.53. The van der Waals surface area contributed by atoms with Gasteiger partial charge < -0.3 is 19.7 Å². The van der Waals surface area contributed by atoms with Gasteiger partial charge in [-0.3, -0.25) is 19.3 Å². The molecule has 0 bridgehead atoms. The summed E-state index contributed by atoms with van der Waals surface area (Å²) in [6.07, 6.45) is 3.40. The third-order valence-corrected chi connectivity index (χ3v) is 6.53. The number of amides is 3. The lowest BCUT2D eigenvalue weighted by Crippen LogP contribution is -2.60. The molecule has 31 heavy (non-hydrogen) atoms. The summed E-state index contributed by atoms with van der Waals surface area (Å²) >= 11 is 0. The fourth-order valence-electron chi connectivity index (χ4n) is 4.75. The van der Waals surface area contributed by atoms with Gasteiger partial charge in [0, 0.05) is 51.1 Å². The van der Waals surface area contributed by atoms with Crippen LogP contribution in [0.25, 0.3) is 0 Å². The van der Waals surface area contributed by atoms with E-state index in [1.165, 1.54) is 0 Å². The second kappa shape index (κ2) is 9.36. The predicted octanol–water partition coefficient (Wildman–Crippen LogP) is 1.55. The summed E-state index contributed by atoms with van der Waals surface area (Å²) in [6.45, 7) is 4.18. The summed E-state index contributed by atoms with van der Waals surface area (Å²) in [5.74, 6) is -0.339. The normalized spacial score (nSPS) is 25.1. The van der Waals surface area contributed by atoms with E-state index in [1.807, 2.05) is 30.0 Å². The van der Waals surface area contributed by atoms with Gasteiger partial charge in [0.05, 0.1) is 12.7 Å². The molecule has 0 radical (unpaired) electrons. The summed E-state index contributed by atoms with van der Waals surface area (Å²) in [7, 11) is 0. The van der Waals surface area contributed by atoms with Crippen molar-refractivity contribution in [3.63, 3.8) is 0 Å². The zero-order valence-electron chi connectivity index (χ0n) is 18.0. The van der Waals surface area contributed by atoms with Gasteiger partial charge in [-0.25, -0.2) is 0 Å². The lowest BCUT2D eigenvalue weighted by molar-refractivity contribution is -0.143. The molecule has 3 aliphatic heterocycles. The van der Waals surface area contributed by atoms with Gasteiger partial charge in [0.1, 0.15) is 11.8 Å². The smallest absolute Gasteiger partial charge is 0.256 e. The number of nitrogens with one attached hydrogen (secondary N) is 1. The van der Waals surface area contributed by atoms with Crippen LogP contribution in [0.15, 0.2) is 30.3 Å². The van der Waals surface area contributed by atoms with Crippen LogP contribution in [0.4, 0.5) is 0 Å². The van der Waals surface area contributed by atoms with Gasteiger partial charge in [0.25, 0.3) is 5.91 Å². The standard InChI is InChI=1S/C23H31N3O5/c1-2-20(27)25-12-10-23(11-13-25)26(22(29)17-7-4-3-5-8-17)19(16-31-23)21(28)24-15-18-9-6-14-30-18/h3-5,7-8,18-19H,2,6,9-16H2,1H3,(H,24,28)/t18-,19+/m0/s1. The zero-order valence-corrected chi connectivity index (χ0v) is 18.0. The molecule has 0 saturated carbocycles. The Kier molecular flexibility index (Phi) is 6.57. The lowest BCUT2D eigenvalue weighted by atomic mass is 9.96. The minimum Gasteiger partial charge on any atom is -0.376 e. The maximum atomic E-state index is 13.5. The van der Waals surface area contributed by atoms with Crippen LogP contribution in [0, 0.1) is 0 Å². The molecule has 3 heterocycles. The maximum absolute atomic E-state index is 13.5. The largest absolute Gasteiger partial charge is 0.376 e. The molecule has 8 heteroatoms. The maximum Gasteiger partial charge on any atom is 0.256 e. The minimum absolute atomic E-state index is 0.0294. The number of carbonyl (C=O) groups is 3. The quantitative estimate of drug-likeness (QED) is 0.767. The molecule has 1 aromatic carbocycles. The van der Waals surface area contributed by atoms with Crippen LogP contribution < -0.4 is 5.32 Å². The molecule has 3 aliphatic rings. The molecule has 0 unspecified atom stereocenters. The second-order valence-electron chi connectivity index (χ2n) is 8.43. The number of nitrogens with zero attached hydrogens (tertiary/aromatic N) is 2. The molecular weight excluding hydrogens is 398 g/mol. The van der Waals surface area contributed by atoms with Crippen molar-refractivity contribution in [3.8, 4) is 0 Å². The van der Waals surface area contributed by atoms with Crippen molar-refractivity contribution in [2.75, 3.05) is 32.8 Å². The van der Waals surface area contributed by atoms with Crippen molar-refractivity contribution in [2.45, 2.75) is 56.9 Å². The van der Waals surface area contributed by atoms with Gasteiger partial charge in [-0.15, -0.1) is 0 Å². The summed E-state index contributed by atoms with van der Waals surface area (Å²) in [5.41, 5.74) is -0.347. The van der Waals surface area contributed by atoms with Crippen LogP contribution in [0.5, 0.6) is 0 Å². The summed E-state index contributed by atoms with van der Waals surface area (Å²) in [6, 6.07) is 8.28. The Morgan fingerprint density at radius 1 is 1.16 bits per heavy atom. The molecule has 1 aromatic rings. The Hall–Kier alpha value is -2.45. The molecule has 2 atom stereocenters. The number of benzene rings is 1. The molecule has 0 aliphatic carbocycles. The second-order valence-corrected chi connectivity index (χ2v) is 8.43. The zero-order chi connectivity index (χ0) is 21.8. The highest BCUT2D eigenvalue weighted by Crippen LogP contribution is 2.38. The summed E-state index contributed by atoms with van der Waals surface area (Å²) < 4.78 is 11.8. The minimum atomic E-state index is -0.872. The van der Waals surface area contributed by atoms with E-state index in [-0.39, 0.29) is 30.4 Å². The number of rotatable bonds is 5. The fraction of sp³-hybridized carbons (Fsp3) is 0.609. The van der Waals surface area contributed by atoms with Crippen molar-refractivity contribution in [3.05, 3.63) is 35.9 Å². The van der Waals surface area contributed by atoms with E-state index in [4.69, 9.17) is 9.47 Å². The van der Waals surface area contributed by atoms with Gasteiger partial charge in [-0.05, 0) is 25.0 Å². The first-order valence-corrected chi connectivity index (χ1v) is 11.2. The highest BCUT2D eigenvalue weighted by molar-refractivity contribution is 5.98. The summed E-state index contributed by atoms with van der Waals surface area (Å²) in [5, 5.41) is 2.96. The first-order chi connectivity index (χ1) is 15.0. The number of carbonyl (C=O) groups excluding carboxylic acids is 3. The molecule has 0 aromatic heterocycles. The van der Waals surface area contributed by atoms with Crippen LogP contribution in [0.1, 0.15) is 49.4 Å². The van der Waals surface area contributed by atoms with Gasteiger partial charge in [-0.2, -0.15) is 0 Å². The fourth-order valence-corrected chi connectivity index (χ4v) is 4.75. The molecule has 3 fully saturated rings. The van der Waals surface area contributed by atoms with E-state index in [0.29, 0.717) is 44.5 Å². The molecule has 1 spiro atoms. The molecule has 1 N–H and O–H groups in total. The van der Waals surface area contributed by atoms with Gasteiger partial charge in [-0.1, -0.05) is 25.1 Å². The number of piperidine rings is 1. The topological polar surface area (TPSA) is 88.2 Å². The van der Waals surface area contributed by atoms with Crippen LogP contribution in [-0.2, 0) is 19.1 Å². The Labute approximate surface area is 182 Å². The van der Waals surface area contributed by atoms with Crippen molar-refractivity contribution >= 4 is 17.7 Å². The third-order valence-electron chi connectivity index (χ3n) is 6.53. The predicted molar refractivity (Wildman–Crippen MR) is 113 cm³/mol. The van der Waals surface area contributed by atoms with E-state index in [0.717, 1.165) is 19.4 Å². The van der Waals surface area contributed by atoms with E-state index in [9.17, 15) is 14.4 Å². The first-order valence-electron chi connectivity index (χ1n) is 11.2. The van der Waals surface area contributed by atoms with Gasteiger partial charge in [0.2, 0.25) is 11.8 Å². The van der Waals surface area contributed by atoms with Crippen LogP contribution in [0.3, 0.4) is 0 Å². The molecule has 4 rings (SSSR count). The number of hydrogen-bond donors (Lipinski definition) is 1. The van der Waals surface area contributed by atoms with Gasteiger partial charge in [0.15, 0.2) is 0 Å².